The molecule has 2 amide bonds. The minimum Gasteiger partial charge on any atom is -0.473 e. The van der Waals surface area contributed by atoms with Gasteiger partial charge in [0.25, 0.3) is 11.8 Å². The van der Waals surface area contributed by atoms with Crippen molar-refractivity contribution >= 4 is 63.0 Å². The third-order valence-electron chi connectivity index (χ3n) is 9.27. The van der Waals surface area contributed by atoms with Gasteiger partial charge in [-0.25, -0.2) is 23.7 Å². The van der Waals surface area contributed by atoms with Crippen LogP contribution in [0.1, 0.15) is 51.9 Å². The topological polar surface area (TPSA) is 174 Å². The summed E-state index contributed by atoms with van der Waals surface area (Å²) in [6, 6.07) is 9.13. The maximum Gasteiger partial charge on any atom is 0.395 e. The lowest BCUT2D eigenvalue weighted by atomic mass is 10.3. The van der Waals surface area contributed by atoms with Crippen LogP contribution < -0.4 is 18.9 Å². The van der Waals surface area contributed by atoms with Crippen LogP contribution in [0.25, 0.3) is 11.6 Å². The molecular weight excluding hydrogens is 888 g/mol. The van der Waals surface area contributed by atoms with Crippen LogP contribution in [0, 0.1) is 12.8 Å². The molecule has 24 heteroatoms. The maximum atomic E-state index is 13.5. The molecule has 2 aliphatic carbocycles. The number of carbonyl (C=O) groups excluding carboxylic acids is 2. The molecule has 6 heterocycles. The minimum atomic E-state index is -4.32. The summed E-state index contributed by atoms with van der Waals surface area (Å²) in [7, 11) is 0.850. The van der Waals surface area contributed by atoms with Gasteiger partial charge in [-0.15, -0.1) is 10.2 Å². The summed E-state index contributed by atoms with van der Waals surface area (Å²) in [4.78, 5) is 36.6. The standard InChI is InChI=1S/C37H32Cl2F4N12O4S2/c1-4-61(51-36(57)22-6-8-30(45-34(22)39)54-11-9-31(48-54)58-25-13-20(25)15-40)28-18-53(46-19(28)2)16-24-27(17-52(3)47-24)60-50-35(56)21-5-7-29(44-33(21)38)55-12-10-32(49-55)59-26-14-23(26)37(41,42)43/h4-12,15,17-18,23,25-26H,13-14,16H2,1-3H3,(H,50,56)(H,51,57)/b20-15-/t23-,25+,26-,61?/m0/s1. The second kappa shape index (κ2) is 17.0. The van der Waals surface area contributed by atoms with Crippen LogP contribution in [0.5, 0.6) is 11.8 Å². The highest BCUT2D eigenvalue weighted by Gasteiger charge is 2.58. The Kier molecular flexibility index (Phi) is 11.7. The van der Waals surface area contributed by atoms with Crippen molar-refractivity contribution in [2.75, 3.05) is 0 Å². The number of nitrogens with zero attached hydrogens (tertiary/aromatic N) is 10. The molecule has 1 unspecified atom stereocenters. The third-order valence-corrected chi connectivity index (χ3v) is 12.4. The van der Waals surface area contributed by atoms with E-state index in [-0.39, 0.29) is 52.2 Å². The van der Waals surface area contributed by atoms with Crippen molar-refractivity contribution in [3.63, 3.8) is 0 Å². The molecule has 2 aliphatic rings. The number of halogens is 6. The number of pyridine rings is 2. The van der Waals surface area contributed by atoms with Crippen molar-refractivity contribution < 1.29 is 36.6 Å². The molecule has 8 rings (SSSR count). The first-order valence-electron chi connectivity index (χ1n) is 18.2. The SMILES string of the molecule is C/C=S(/NC(=O)c1ccc(-n2ccc(O[C@@H]3C/C3=C/F)n2)nc1Cl)c1cn(Cc2nn(C)cc2SNC(=O)c2ccc(-n3ccc(O[C@H]4C[C@@H]4C(F)(F)F)n3)nc2Cl)nc1C. The number of hydrogen-bond donors (Lipinski definition) is 2. The molecule has 2 N–H and O–H groups in total. The first kappa shape index (κ1) is 42.0. The van der Waals surface area contributed by atoms with Gasteiger partial charge in [-0.05, 0) is 61.8 Å². The quantitative estimate of drug-likeness (QED) is 0.0498. The van der Waals surface area contributed by atoms with E-state index in [0.29, 0.717) is 46.3 Å². The Bertz CT molecular complexity index is 2730. The average Bonchev–Trinajstić information content (AvgIpc) is 3.88. The molecule has 0 aromatic carbocycles. The van der Waals surface area contributed by atoms with E-state index in [1.807, 2.05) is 25.4 Å². The molecule has 0 spiro atoms. The van der Waals surface area contributed by atoms with Crippen LogP contribution in [-0.4, -0.2) is 84.7 Å². The molecule has 0 aliphatic heterocycles. The van der Waals surface area contributed by atoms with E-state index in [4.69, 9.17) is 32.7 Å². The zero-order valence-electron chi connectivity index (χ0n) is 32.0. The van der Waals surface area contributed by atoms with E-state index in [1.165, 1.54) is 33.8 Å². The molecule has 16 nitrogen and oxygen atoms in total. The molecule has 318 valence electrons. The highest BCUT2D eigenvalue weighted by Crippen LogP contribution is 2.46. The summed E-state index contributed by atoms with van der Waals surface area (Å²) >= 11 is 13.9. The van der Waals surface area contributed by atoms with Crippen LogP contribution in [0.3, 0.4) is 0 Å². The summed E-state index contributed by atoms with van der Waals surface area (Å²) in [5, 5.41) is 19.3. The second-order valence-corrected chi connectivity index (χ2v) is 17.0. The predicted octanol–water partition coefficient (Wildman–Crippen LogP) is 7.01. The Morgan fingerprint density at radius 1 is 0.934 bits per heavy atom. The van der Waals surface area contributed by atoms with Gasteiger partial charge in [0.2, 0.25) is 11.8 Å². The van der Waals surface area contributed by atoms with Gasteiger partial charge >= 0.3 is 6.18 Å². The fraction of sp³-hybridized carbons (Fsp3) is 0.270. The number of ether oxygens (including phenoxy) is 2. The first-order valence-corrected chi connectivity index (χ1v) is 21.0. The van der Waals surface area contributed by atoms with E-state index in [9.17, 15) is 27.2 Å². The van der Waals surface area contributed by atoms with Crippen molar-refractivity contribution in [1.82, 2.24) is 58.5 Å². The van der Waals surface area contributed by atoms with Crippen molar-refractivity contribution in [3.05, 3.63) is 106 Å². The molecule has 0 radical (unpaired) electrons. The van der Waals surface area contributed by atoms with Gasteiger partial charge in [0.1, 0.15) is 22.5 Å². The number of rotatable bonds is 14. The number of aryl methyl sites for hydroxylation is 2. The van der Waals surface area contributed by atoms with Gasteiger partial charge < -0.3 is 9.47 Å². The van der Waals surface area contributed by atoms with Gasteiger partial charge in [0, 0.05) is 56.0 Å². The van der Waals surface area contributed by atoms with Crippen molar-refractivity contribution in [1.29, 1.82) is 0 Å². The van der Waals surface area contributed by atoms with Gasteiger partial charge in [0.15, 0.2) is 11.6 Å². The lowest BCUT2D eigenvalue weighted by Crippen LogP contribution is -2.19. The average molecular weight is 920 g/mol. The molecule has 0 bridgehead atoms. The van der Waals surface area contributed by atoms with Crippen LogP contribution >= 0.6 is 45.8 Å². The lowest BCUT2D eigenvalue weighted by molar-refractivity contribution is -0.153. The van der Waals surface area contributed by atoms with Gasteiger partial charge in [-0.2, -0.15) is 23.4 Å². The number of carbonyl (C=O) groups is 2. The van der Waals surface area contributed by atoms with Crippen LogP contribution in [0.15, 0.2) is 82.9 Å². The van der Waals surface area contributed by atoms with E-state index >= 15 is 0 Å². The maximum absolute atomic E-state index is 13.5. The fourth-order valence-corrected chi connectivity index (χ4v) is 8.58. The Labute approximate surface area is 360 Å². The van der Waals surface area contributed by atoms with E-state index < -0.39 is 40.7 Å². The Morgan fingerprint density at radius 2 is 1.57 bits per heavy atom. The first-order chi connectivity index (χ1) is 29.2. The normalized spacial score (nSPS) is 18.3. The van der Waals surface area contributed by atoms with Crippen molar-refractivity contribution in [2.24, 2.45) is 13.0 Å². The van der Waals surface area contributed by atoms with Crippen LogP contribution in [-0.2, 0) is 13.6 Å². The predicted molar refractivity (Wildman–Crippen MR) is 217 cm³/mol. The molecule has 2 saturated carbocycles. The smallest absolute Gasteiger partial charge is 0.395 e. The van der Waals surface area contributed by atoms with Crippen molar-refractivity contribution in [3.8, 4) is 23.4 Å². The van der Waals surface area contributed by atoms with E-state index in [1.54, 1.807) is 47.0 Å². The zero-order valence-corrected chi connectivity index (χ0v) is 35.1. The van der Waals surface area contributed by atoms with E-state index in [0.717, 1.165) is 16.8 Å². The number of aromatic nitrogens is 10. The monoisotopic (exact) mass is 918 g/mol. The van der Waals surface area contributed by atoms with Gasteiger partial charge in [0.05, 0.1) is 51.1 Å². The summed E-state index contributed by atoms with van der Waals surface area (Å²) in [5.74, 6) is -1.62. The molecule has 2 fully saturated rings. The lowest BCUT2D eigenvalue weighted by Gasteiger charge is -2.11. The summed E-state index contributed by atoms with van der Waals surface area (Å²) < 4.78 is 74.0. The fourth-order valence-electron chi connectivity index (χ4n) is 5.98. The Hall–Kier alpha value is -5.71. The number of alkyl halides is 3. The van der Waals surface area contributed by atoms with Crippen LogP contribution in [0.4, 0.5) is 17.6 Å². The second-order valence-electron chi connectivity index (χ2n) is 13.7. The van der Waals surface area contributed by atoms with Crippen molar-refractivity contribution in [2.45, 2.75) is 61.4 Å². The summed E-state index contributed by atoms with van der Waals surface area (Å²) in [6.07, 6.45) is 1.91. The molecule has 6 aromatic rings. The Morgan fingerprint density at radius 3 is 2.15 bits per heavy atom. The summed E-state index contributed by atoms with van der Waals surface area (Å²) in [5.41, 5.74) is 2.05. The highest BCUT2D eigenvalue weighted by molar-refractivity contribution is 8.13. The highest BCUT2D eigenvalue weighted by atomic mass is 35.5. The van der Waals surface area contributed by atoms with E-state index in [2.05, 4.69) is 39.8 Å². The minimum absolute atomic E-state index is 0.00984. The summed E-state index contributed by atoms with van der Waals surface area (Å²) in [6.45, 7) is 3.86. The number of amides is 2. The molecule has 6 aromatic heterocycles. The molecular formula is C37H32Cl2F4N12O4S2. The van der Waals surface area contributed by atoms with Gasteiger partial charge in [-0.1, -0.05) is 33.9 Å². The number of hydrogen-bond acceptors (Lipinski definition) is 11. The molecule has 4 atom stereocenters. The van der Waals surface area contributed by atoms with Gasteiger partial charge in [-0.3, -0.25) is 28.4 Å². The Balaban J connectivity index is 0.875. The zero-order chi connectivity index (χ0) is 43.2. The molecule has 61 heavy (non-hydrogen) atoms. The largest absolute Gasteiger partial charge is 0.473 e. The van der Waals surface area contributed by atoms with Crippen LogP contribution in [0.2, 0.25) is 10.3 Å². The number of nitrogens with one attached hydrogen (secondary N) is 2. The molecule has 0 saturated heterocycles. The third kappa shape index (κ3) is 9.46.